The molecule has 0 saturated heterocycles. The lowest BCUT2D eigenvalue weighted by Crippen LogP contribution is -2.43. The number of hydrogen-bond acceptors (Lipinski definition) is 5. The Morgan fingerprint density at radius 2 is 2.21 bits per heavy atom. The predicted molar refractivity (Wildman–Crippen MR) is 112 cm³/mol. The second-order valence-corrected chi connectivity index (χ2v) is 8.79. The number of carbonyl (C=O) groups excluding carboxylic acids is 1. The van der Waals surface area contributed by atoms with Gasteiger partial charge in [-0.05, 0) is 45.2 Å². The first-order valence-corrected chi connectivity index (χ1v) is 10.5. The standard InChI is InChI=1S/C21H39N5O2/c1-21(2)8-7-16(13-18(21)20(27)23-9-6-12-28-5)19-17(14-24-25-19)15-26(4)11-10-22-3/h14,16,18,22H,6-13,15H2,1-5H3,(H,23,27)(H,24,25)/t16-,18+/m1/s1. The average Bonchev–Trinajstić information content (AvgIpc) is 3.11. The number of amides is 1. The van der Waals surface area contributed by atoms with Gasteiger partial charge in [-0.15, -0.1) is 0 Å². The summed E-state index contributed by atoms with van der Waals surface area (Å²) in [6, 6.07) is 0. The molecule has 7 nitrogen and oxygen atoms in total. The second-order valence-electron chi connectivity index (χ2n) is 8.79. The summed E-state index contributed by atoms with van der Waals surface area (Å²) >= 11 is 0. The molecule has 1 aromatic rings. The van der Waals surface area contributed by atoms with Crippen LogP contribution in [0.5, 0.6) is 0 Å². The first kappa shape index (κ1) is 22.8. The van der Waals surface area contributed by atoms with Crippen LogP contribution in [0.3, 0.4) is 0 Å². The van der Waals surface area contributed by atoms with Gasteiger partial charge in [0.25, 0.3) is 0 Å². The fraction of sp³-hybridized carbons (Fsp3) is 0.810. The lowest BCUT2D eigenvalue weighted by Gasteiger charge is -2.41. The second kappa shape index (κ2) is 10.9. The highest BCUT2D eigenvalue weighted by Crippen LogP contribution is 2.47. The van der Waals surface area contributed by atoms with Crippen LogP contribution in [0.25, 0.3) is 0 Å². The smallest absolute Gasteiger partial charge is 0.223 e. The van der Waals surface area contributed by atoms with Crippen molar-refractivity contribution in [2.24, 2.45) is 11.3 Å². The molecule has 0 radical (unpaired) electrons. The van der Waals surface area contributed by atoms with E-state index in [1.807, 2.05) is 13.2 Å². The van der Waals surface area contributed by atoms with Crippen molar-refractivity contribution in [2.75, 3.05) is 47.4 Å². The molecular formula is C21H39N5O2. The number of hydrogen-bond donors (Lipinski definition) is 3. The number of rotatable bonds is 11. The van der Waals surface area contributed by atoms with E-state index in [1.54, 1.807) is 7.11 Å². The molecule has 3 N–H and O–H groups in total. The molecule has 1 aromatic heterocycles. The van der Waals surface area contributed by atoms with Gasteiger partial charge >= 0.3 is 0 Å². The lowest BCUT2D eigenvalue weighted by atomic mass is 9.64. The molecule has 0 bridgehead atoms. The summed E-state index contributed by atoms with van der Waals surface area (Å²) < 4.78 is 5.07. The van der Waals surface area contributed by atoms with Crippen molar-refractivity contribution in [2.45, 2.75) is 52.0 Å². The Kier molecular flexibility index (Phi) is 8.92. The maximum atomic E-state index is 12.9. The van der Waals surface area contributed by atoms with Crippen LogP contribution in [-0.2, 0) is 16.1 Å². The van der Waals surface area contributed by atoms with Gasteiger partial charge < -0.3 is 20.3 Å². The van der Waals surface area contributed by atoms with Gasteiger partial charge in [0.05, 0.1) is 5.69 Å². The molecule has 28 heavy (non-hydrogen) atoms. The summed E-state index contributed by atoms with van der Waals surface area (Å²) in [5.41, 5.74) is 2.41. The third-order valence-corrected chi connectivity index (χ3v) is 6.06. The Morgan fingerprint density at radius 3 is 2.93 bits per heavy atom. The van der Waals surface area contributed by atoms with E-state index in [0.717, 1.165) is 51.0 Å². The molecule has 1 fully saturated rings. The zero-order valence-electron chi connectivity index (χ0n) is 18.3. The van der Waals surface area contributed by atoms with Crippen LogP contribution in [-0.4, -0.2) is 68.5 Å². The van der Waals surface area contributed by atoms with Gasteiger partial charge in [-0.2, -0.15) is 5.10 Å². The molecule has 0 spiro atoms. The van der Waals surface area contributed by atoms with Gasteiger partial charge in [0.2, 0.25) is 5.91 Å². The molecule has 1 aliphatic rings. The van der Waals surface area contributed by atoms with E-state index >= 15 is 0 Å². The minimum absolute atomic E-state index is 0.0142. The first-order chi connectivity index (χ1) is 13.4. The molecule has 1 amide bonds. The van der Waals surface area contributed by atoms with E-state index in [2.05, 4.69) is 46.6 Å². The number of ether oxygens (including phenoxy) is 1. The van der Waals surface area contributed by atoms with E-state index in [1.165, 1.54) is 5.56 Å². The molecule has 0 aromatic carbocycles. The highest BCUT2D eigenvalue weighted by molar-refractivity contribution is 5.79. The maximum Gasteiger partial charge on any atom is 0.223 e. The van der Waals surface area contributed by atoms with E-state index in [4.69, 9.17) is 4.74 Å². The van der Waals surface area contributed by atoms with Gasteiger partial charge in [0, 0.05) is 63.5 Å². The van der Waals surface area contributed by atoms with E-state index in [0.29, 0.717) is 19.1 Å². The minimum Gasteiger partial charge on any atom is -0.385 e. The maximum absolute atomic E-state index is 12.9. The van der Waals surface area contributed by atoms with Crippen LogP contribution in [0.4, 0.5) is 0 Å². The predicted octanol–water partition coefficient (Wildman–Crippen LogP) is 2.12. The molecule has 7 heteroatoms. The van der Waals surface area contributed by atoms with Crippen molar-refractivity contribution < 1.29 is 9.53 Å². The SMILES string of the molecule is CNCCN(C)Cc1c[nH]nc1[C@@H]1CCC(C)(C)[C@H](C(=O)NCCCOC)C1. The van der Waals surface area contributed by atoms with Crippen LogP contribution >= 0.6 is 0 Å². The van der Waals surface area contributed by atoms with Gasteiger partial charge in [-0.3, -0.25) is 9.89 Å². The van der Waals surface area contributed by atoms with E-state index < -0.39 is 0 Å². The van der Waals surface area contributed by atoms with Crippen molar-refractivity contribution in [3.8, 4) is 0 Å². The van der Waals surface area contributed by atoms with Crippen molar-refractivity contribution in [1.82, 2.24) is 25.7 Å². The van der Waals surface area contributed by atoms with Crippen molar-refractivity contribution in [3.63, 3.8) is 0 Å². The highest BCUT2D eigenvalue weighted by atomic mass is 16.5. The molecule has 0 aliphatic heterocycles. The Bertz CT molecular complexity index is 601. The summed E-state index contributed by atoms with van der Waals surface area (Å²) in [5.74, 6) is 0.524. The normalized spacial score (nSPS) is 21.8. The van der Waals surface area contributed by atoms with Crippen LogP contribution in [0.1, 0.15) is 56.7 Å². The average molecular weight is 394 g/mol. The molecule has 2 rings (SSSR count). The Labute approximate surface area is 170 Å². The fourth-order valence-electron chi connectivity index (χ4n) is 4.18. The Hall–Kier alpha value is -1.44. The number of nitrogens with one attached hydrogen (secondary N) is 3. The van der Waals surface area contributed by atoms with Crippen LogP contribution < -0.4 is 10.6 Å². The molecule has 160 valence electrons. The van der Waals surface area contributed by atoms with Gasteiger partial charge in [0.1, 0.15) is 0 Å². The third-order valence-electron chi connectivity index (χ3n) is 6.06. The number of nitrogens with zero attached hydrogens (tertiary/aromatic N) is 2. The van der Waals surface area contributed by atoms with Crippen LogP contribution in [0, 0.1) is 11.3 Å². The number of likely N-dealkylation sites (N-methyl/N-ethyl adjacent to an activating group) is 2. The van der Waals surface area contributed by atoms with Crippen molar-refractivity contribution >= 4 is 5.91 Å². The third kappa shape index (κ3) is 6.29. The Balaban J connectivity index is 2.02. The summed E-state index contributed by atoms with van der Waals surface area (Å²) in [5, 5.41) is 14.0. The number of methoxy groups -OCH3 is 1. The zero-order valence-corrected chi connectivity index (χ0v) is 18.3. The molecule has 1 saturated carbocycles. The quantitative estimate of drug-likeness (QED) is 0.502. The van der Waals surface area contributed by atoms with Crippen molar-refractivity contribution in [3.05, 3.63) is 17.5 Å². The lowest BCUT2D eigenvalue weighted by molar-refractivity contribution is -0.130. The molecule has 2 atom stereocenters. The Morgan fingerprint density at radius 1 is 1.43 bits per heavy atom. The number of carbonyl (C=O) groups is 1. The molecular weight excluding hydrogens is 354 g/mol. The van der Waals surface area contributed by atoms with Crippen LogP contribution in [0.2, 0.25) is 0 Å². The van der Waals surface area contributed by atoms with Gasteiger partial charge in [0.15, 0.2) is 0 Å². The van der Waals surface area contributed by atoms with Gasteiger partial charge in [-0.25, -0.2) is 0 Å². The monoisotopic (exact) mass is 393 g/mol. The summed E-state index contributed by atoms with van der Waals surface area (Å²) in [6.45, 7) is 8.63. The van der Waals surface area contributed by atoms with Gasteiger partial charge in [-0.1, -0.05) is 13.8 Å². The molecule has 1 aliphatic carbocycles. The highest BCUT2D eigenvalue weighted by Gasteiger charge is 2.42. The number of aromatic amines is 1. The largest absolute Gasteiger partial charge is 0.385 e. The summed E-state index contributed by atoms with van der Waals surface area (Å²) in [4.78, 5) is 15.2. The number of aromatic nitrogens is 2. The molecule has 0 unspecified atom stereocenters. The van der Waals surface area contributed by atoms with Crippen LogP contribution in [0.15, 0.2) is 6.20 Å². The number of H-pyrrole nitrogens is 1. The summed E-state index contributed by atoms with van der Waals surface area (Å²) in [7, 11) is 5.80. The zero-order chi connectivity index (χ0) is 20.6. The fourth-order valence-corrected chi connectivity index (χ4v) is 4.18. The topological polar surface area (TPSA) is 82.3 Å². The first-order valence-electron chi connectivity index (χ1n) is 10.5. The summed E-state index contributed by atoms with van der Waals surface area (Å²) in [6.07, 6.45) is 5.85. The van der Waals surface area contributed by atoms with E-state index in [-0.39, 0.29) is 17.2 Å². The van der Waals surface area contributed by atoms with E-state index in [9.17, 15) is 4.79 Å². The van der Waals surface area contributed by atoms with Crippen molar-refractivity contribution in [1.29, 1.82) is 0 Å². The minimum atomic E-state index is 0.0142. The molecule has 1 heterocycles.